The van der Waals surface area contributed by atoms with Crippen LogP contribution >= 0.6 is 0 Å². The number of nitrogens with two attached hydrogens (primary N) is 1. The molecular weight excluding hydrogens is 238 g/mol. The van der Waals surface area contributed by atoms with Crippen LogP contribution in [0.15, 0.2) is 12.4 Å². The summed E-state index contributed by atoms with van der Waals surface area (Å²) in [6.07, 6.45) is 6.36. The Morgan fingerprint density at radius 1 is 1.05 bits per heavy atom. The van der Waals surface area contributed by atoms with E-state index in [9.17, 15) is 0 Å². The Bertz CT molecular complexity index is 218. The standard InChI is InChI=1S/C14H33N5/c1-5-18(4)11-7-12-19(14-15)13-9-16-8-6-10-17(2)3/h9,13,16H,5-8,10-12,14-15H2,1-4H3/b13-9-. The van der Waals surface area contributed by atoms with Gasteiger partial charge < -0.3 is 25.8 Å². The molecule has 0 rings (SSSR count). The predicted octanol–water partition coefficient (Wildman–Crippen LogP) is 0.559. The highest BCUT2D eigenvalue weighted by atomic mass is 15.2. The van der Waals surface area contributed by atoms with Gasteiger partial charge in [0.25, 0.3) is 0 Å². The SMILES string of the molecule is CCN(C)CCCN(/C=C\NCCCN(C)C)CN. The highest BCUT2D eigenvalue weighted by molar-refractivity contribution is 4.80. The van der Waals surface area contributed by atoms with Gasteiger partial charge >= 0.3 is 0 Å². The number of rotatable bonds is 12. The zero-order chi connectivity index (χ0) is 14.5. The van der Waals surface area contributed by atoms with Gasteiger partial charge in [-0.25, -0.2) is 0 Å². The maximum atomic E-state index is 5.73. The van der Waals surface area contributed by atoms with Gasteiger partial charge in [0.2, 0.25) is 0 Å². The van der Waals surface area contributed by atoms with Gasteiger partial charge in [-0.05, 0) is 53.6 Å². The summed E-state index contributed by atoms with van der Waals surface area (Å²) in [6.45, 7) is 8.11. The molecule has 3 N–H and O–H groups in total. The lowest BCUT2D eigenvalue weighted by Gasteiger charge is -2.20. The number of hydrogen-bond acceptors (Lipinski definition) is 5. The highest BCUT2D eigenvalue weighted by Crippen LogP contribution is 1.93. The van der Waals surface area contributed by atoms with Crippen LogP contribution in [-0.4, -0.2) is 75.2 Å². The van der Waals surface area contributed by atoms with Gasteiger partial charge in [-0.15, -0.1) is 0 Å². The van der Waals surface area contributed by atoms with Gasteiger partial charge in [-0.2, -0.15) is 0 Å². The lowest BCUT2D eigenvalue weighted by atomic mass is 10.3. The molecule has 0 spiro atoms. The van der Waals surface area contributed by atoms with Gasteiger partial charge in [0, 0.05) is 25.5 Å². The molecule has 0 heterocycles. The summed E-state index contributed by atoms with van der Waals surface area (Å²) in [5.74, 6) is 0. The Balaban J connectivity index is 3.62. The van der Waals surface area contributed by atoms with E-state index in [4.69, 9.17) is 5.73 Å². The van der Waals surface area contributed by atoms with Crippen molar-refractivity contribution in [1.29, 1.82) is 0 Å². The quantitative estimate of drug-likeness (QED) is 0.401. The third-order valence-electron chi connectivity index (χ3n) is 3.09. The summed E-state index contributed by atoms with van der Waals surface area (Å²) in [7, 11) is 6.34. The Kier molecular flexibility index (Phi) is 11.8. The first-order valence-electron chi connectivity index (χ1n) is 7.27. The Labute approximate surface area is 119 Å². The molecule has 0 aromatic rings. The van der Waals surface area contributed by atoms with Crippen molar-refractivity contribution >= 4 is 0 Å². The Hall–Kier alpha value is -0.780. The third kappa shape index (κ3) is 12.0. The Morgan fingerprint density at radius 2 is 1.79 bits per heavy atom. The zero-order valence-electron chi connectivity index (χ0n) is 13.2. The monoisotopic (exact) mass is 271 g/mol. The summed E-state index contributed by atoms with van der Waals surface area (Å²) in [4.78, 5) is 6.65. The van der Waals surface area contributed by atoms with Crippen molar-refractivity contribution in [2.75, 3.05) is 60.5 Å². The molecule has 0 aliphatic heterocycles. The molecule has 0 atom stereocenters. The van der Waals surface area contributed by atoms with E-state index < -0.39 is 0 Å². The van der Waals surface area contributed by atoms with Crippen LogP contribution in [0.2, 0.25) is 0 Å². The first-order valence-corrected chi connectivity index (χ1v) is 7.27. The van der Waals surface area contributed by atoms with E-state index in [1.54, 1.807) is 0 Å². The van der Waals surface area contributed by atoms with E-state index in [2.05, 4.69) is 54.3 Å². The van der Waals surface area contributed by atoms with Gasteiger partial charge in [0.1, 0.15) is 0 Å². The van der Waals surface area contributed by atoms with E-state index >= 15 is 0 Å². The van der Waals surface area contributed by atoms with Crippen LogP contribution in [0.1, 0.15) is 19.8 Å². The van der Waals surface area contributed by atoms with Crippen molar-refractivity contribution in [3.05, 3.63) is 12.4 Å². The van der Waals surface area contributed by atoms with E-state index in [0.29, 0.717) is 6.67 Å². The van der Waals surface area contributed by atoms with Crippen molar-refractivity contribution in [3.63, 3.8) is 0 Å². The van der Waals surface area contributed by atoms with Crippen LogP contribution in [0.4, 0.5) is 0 Å². The van der Waals surface area contributed by atoms with Crippen LogP contribution in [0, 0.1) is 0 Å². The second-order valence-corrected chi connectivity index (χ2v) is 5.17. The maximum Gasteiger partial charge on any atom is 0.0652 e. The minimum Gasteiger partial charge on any atom is -0.390 e. The second kappa shape index (κ2) is 12.3. The van der Waals surface area contributed by atoms with Crippen LogP contribution in [-0.2, 0) is 0 Å². The lowest BCUT2D eigenvalue weighted by molar-refractivity contribution is 0.306. The smallest absolute Gasteiger partial charge is 0.0652 e. The molecule has 0 aromatic carbocycles. The Morgan fingerprint density at radius 3 is 2.37 bits per heavy atom. The molecule has 5 nitrogen and oxygen atoms in total. The van der Waals surface area contributed by atoms with Crippen molar-refractivity contribution in [1.82, 2.24) is 20.0 Å². The molecule has 0 saturated heterocycles. The molecule has 114 valence electrons. The molecule has 0 aliphatic rings. The average Bonchev–Trinajstić information content (AvgIpc) is 2.39. The van der Waals surface area contributed by atoms with Crippen LogP contribution in [0.5, 0.6) is 0 Å². The molecule has 0 unspecified atom stereocenters. The first-order chi connectivity index (χ1) is 9.10. The molecule has 0 bridgehead atoms. The number of nitrogens with zero attached hydrogens (tertiary/aromatic N) is 3. The molecule has 0 radical (unpaired) electrons. The van der Waals surface area contributed by atoms with Crippen molar-refractivity contribution in [2.24, 2.45) is 5.73 Å². The van der Waals surface area contributed by atoms with E-state index in [0.717, 1.165) is 45.6 Å². The van der Waals surface area contributed by atoms with Crippen LogP contribution in [0.25, 0.3) is 0 Å². The summed E-state index contributed by atoms with van der Waals surface area (Å²) < 4.78 is 0. The lowest BCUT2D eigenvalue weighted by Crippen LogP contribution is -2.29. The van der Waals surface area contributed by atoms with Gasteiger partial charge in [-0.3, -0.25) is 0 Å². The summed E-state index contributed by atoms with van der Waals surface area (Å²) >= 11 is 0. The van der Waals surface area contributed by atoms with Gasteiger partial charge in [0.15, 0.2) is 0 Å². The number of hydrogen-bond donors (Lipinski definition) is 2. The zero-order valence-corrected chi connectivity index (χ0v) is 13.2. The van der Waals surface area contributed by atoms with Crippen molar-refractivity contribution in [3.8, 4) is 0 Å². The minimum absolute atomic E-state index is 0.575. The molecule has 0 saturated carbocycles. The topological polar surface area (TPSA) is 47.8 Å². The fraction of sp³-hybridized carbons (Fsp3) is 0.857. The summed E-state index contributed by atoms with van der Waals surface area (Å²) in [5.41, 5.74) is 5.73. The predicted molar refractivity (Wildman–Crippen MR) is 83.9 cm³/mol. The average molecular weight is 271 g/mol. The van der Waals surface area contributed by atoms with Crippen molar-refractivity contribution in [2.45, 2.75) is 19.8 Å². The van der Waals surface area contributed by atoms with E-state index in [1.165, 1.54) is 0 Å². The first kappa shape index (κ1) is 18.2. The van der Waals surface area contributed by atoms with Gasteiger partial charge in [0.05, 0.1) is 6.67 Å². The van der Waals surface area contributed by atoms with E-state index in [1.807, 2.05) is 6.20 Å². The van der Waals surface area contributed by atoms with Crippen LogP contribution < -0.4 is 11.1 Å². The molecule has 0 fully saturated rings. The molecular formula is C14H33N5. The number of nitrogens with one attached hydrogen (secondary N) is 1. The fourth-order valence-electron chi connectivity index (χ4n) is 1.67. The van der Waals surface area contributed by atoms with Gasteiger partial charge in [-0.1, -0.05) is 6.92 Å². The second-order valence-electron chi connectivity index (χ2n) is 5.17. The largest absolute Gasteiger partial charge is 0.390 e. The summed E-state index contributed by atoms with van der Waals surface area (Å²) in [5, 5.41) is 3.30. The highest BCUT2D eigenvalue weighted by Gasteiger charge is 1.98. The third-order valence-corrected chi connectivity index (χ3v) is 3.09. The van der Waals surface area contributed by atoms with Crippen molar-refractivity contribution < 1.29 is 0 Å². The molecule has 0 aromatic heterocycles. The molecule has 19 heavy (non-hydrogen) atoms. The van der Waals surface area contributed by atoms with E-state index in [-0.39, 0.29) is 0 Å². The molecule has 0 aliphatic carbocycles. The fourth-order valence-corrected chi connectivity index (χ4v) is 1.67. The maximum absolute atomic E-state index is 5.73. The minimum atomic E-state index is 0.575. The molecule has 0 amide bonds. The van der Waals surface area contributed by atoms with Crippen LogP contribution in [0.3, 0.4) is 0 Å². The normalized spacial score (nSPS) is 11.7. The molecule has 5 heteroatoms. The summed E-state index contributed by atoms with van der Waals surface area (Å²) in [6, 6.07) is 0.